The van der Waals surface area contributed by atoms with E-state index >= 15 is 0 Å². The molecule has 1 atom stereocenters. The number of carbonyl (C=O) groups excluding carboxylic acids is 1. The molecule has 1 amide bonds. The first-order chi connectivity index (χ1) is 14.6. The molecule has 2 fully saturated rings. The second kappa shape index (κ2) is 7.74. The second-order valence-electron chi connectivity index (χ2n) is 8.73. The third-order valence-electron chi connectivity index (χ3n) is 6.63. The van der Waals surface area contributed by atoms with Crippen molar-refractivity contribution in [2.75, 3.05) is 13.1 Å². The van der Waals surface area contributed by atoms with E-state index < -0.39 is 0 Å². The van der Waals surface area contributed by atoms with Crippen LogP contribution in [0.2, 0.25) is 0 Å². The van der Waals surface area contributed by atoms with Crippen molar-refractivity contribution < 1.29 is 4.79 Å². The van der Waals surface area contributed by atoms with Crippen LogP contribution in [0.5, 0.6) is 0 Å². The summed E-state index contributed by atoms with van der Waals surface area (Å²) in [5, 5.41) is 0. The second-order valence-corrected chi connectivity index (χ2v) is 8.73. The van der Waals surface area contributed by atoms with E-state index in [9.17, 15) is 9.59 Å². The molecule has 3 aromatic heterocycles. The molecule has 5 rings (SSSR count). The number of hydrogen-bond donors (Lipinski definition) is 0. The summed E-state index contributed by atoms with van der Waals surface area (Å²) in [4.78, 5) is 36.8. The number of pyridine rings is 1. The molecule has 0 aromatic carbocycles. The highest BCUT2D eigenvalue weighted by Crippen LogP contribution is 2.28. The molecular formula is C22H28N6O2. The largest absolute Gasteiger partial charge is 0.340 e. The van der Waals surface area contributed by atoms with Gasteiger partial charge in [-0.25, -0.2) is 14.8 Å². The van der Waals surface area contributed by atoms with Crippen LogP contribution in [0.1, 0.15) is 55.1 Å². The van der Waals surface area contributed by atoms with E-state index in [0.29, 0.717) is 24.7 Å². The van der Waals surface area contributed by atoms with E-state index in [1.165, 1.54) is 32.1 Å². The van der Waals surface area contributed by atoms with Crippen LogP contribution in [-0.4, -0.2) is 47.6 Å². The number of carbonyl (C=O) groups is 1. The molecule has 0 spiro atoms. The lowest BCUT2D eigenvalue weighted by molar-refractivity contribution is 0.0782. The van der Waals surface area contributed by atoms with E-state index in [0.717, 1.165) is 24.1 Å². The molecule has 1 saturated heterocycles. The normalized spacial score (nSPS) is 20.3. The quantitative estimate of drug-likeness (QED) is 0.665. The van der Waals surface area contributed by atoms with Crippen molar-refractivity contribution in [2.45, 2.75) is 51.1 Å². The summed E-state index contributed by atoms with van der Waals surface area (Å²) in [6, 6.07) is 3.83. The molecule has 8 nitrogen and oxygen atoms in total. The maximum absolute atomic E-state index is 13.5. The number of rotatable bonds is 4. The first-order valence-electron chi connectivity index (χ1n) is 10.9. The first-order valence-corrected chi connectivity index (χ1v) is 10.9. The van der Waals surface area contributed by atoms with Crippen LogP contribution in [0.4, 0.5) is 0 Å². The van der Waals surface area contributed by atoms with Crippen molar-refractivity contribution in [3.63, 3.8) is 0 Å². The molecular weight excluding hydrogens is 380 g/mol. The van der Waals surface area contributed by atoms with Gasteiger partial charge in [0.05, 0.1) is 17.9 Å². The minimum Gasteiger partial charge on any atom is -0.340 e. The molecule has 2 aliphatic rings. The molecule has 0 bridgehead atoms. The molecule has 30 heavy (non-hydrogen) atoms. The maximum atomic E-state index is 13.5. The van der Waals surface area contributed by atoms with Gasteiger partial charge in [0.15, 0.2) is 5.65 Å². The third kappa shape index (κ3) is 3.34. The molecule has 1 aliphatic carbocycles. The Kier molecular flexibility index (Phi) is 4.92. The predicted molar refractivity (Wildman–Crippen MR) is 113 cm³/mol. The Morgan fingerprint density at radius 2 is 2.00 bits per heavy atom. The summed E-state index contributed by atoms with van der Waals surface area (Å²) in [5.74, 6) is 0.478. The topological polar surface area (TPSA) is 78.0 Å². The number of hydrogen-bond acceptors (Lipinski definition) is 4. The van der Waals surface area contributed by atoms with Crippen LogP contribution in [0.15, 0.2) is 35.6 Å². The fourth-order valence-electron chi connectivity index (χ4n) is 5.06. The summed E-state index contributed by atoms with van der Waals surface area (Å²) in [7, 11) is 1.85. The lowest BCUT2D eigenvalue weighted by Gasteiger charge is -2.21. The van der Waals surface area contributed by atoms with Crippen LogP contribution in [-0.2, 0) is 13.6 Å². The Hall–Kier alpha value is -2.90. The molecule has 158 valence electrons. The standard InChI is InChI=1S/C22H28N6O2/c1-25-14-18(24-15-25)21(29)26-11-9-17(13-26)28-20-19(8-5-10-23-20)27(22(28)30)12-16-6-3-2-4-7-16/h5,8,10,14-17H,2-4,6-7,9,11-13H2,1H3/t17-/m1/s1. The van der Waals surface area contributed by atoms with Crippen LogP contribution >= 0.6 is 0 Å². The Balaban J connectivity index is 1.44. The van der Waals surface area contributed by atoms with Gasteiger partial charge < -0.3 is 9.47 Å². The average molecular weight is 409 g/mol. The van der Waals surface area contributed by atoms with Crippen LogP contribution in [0.3, 0.4) is 0 Å². The highest BCUT2D eigenvalue weighted by molar-refractivity contribution is 5.92. The van der Waals surface area contributed by atoms with Gasteiger partial charge in [0.1, 0.15) is 5.69 Å². The van der Waals surface area contributed by atoms with Gasteiger partial charge in [-0.1, -0.05) is 19.3 Å². The van der Waals surface area contributed by atoms with Gasteiger partial charge >= 0.3 is 5.69 Å². The lowest BCUT2D eigenvalue weighted by Crippen LogP contribution is -2.33. The smallest absolute Gasteiger partial charge is 0.330 e. The van der Waals surface area contributed by atoms with Crippen molar-refractivity contribution >= 4 is 17.1 Å². The fraction of sp³-hybridized carbons (Fsp3) is 0.545. The predicted octanol–water partition coefficient (Wildman–Crippen LogP) is 2.60. The van der Waals surface area contributed by atoms with E-state index in [1.807, 2.05) is 28.3 Å². The number of imidazole rings is 2. The molecule has 8 heteroatoms. The van der Waals surface area contributed by atoms with Crippen molar-refractivity contribution in [3.8, 4) is 0 Å². The summed E-state index contributed by atoms with van der Waals surface area (Å²) >= 11 is 0. The SMILES string of the molecule is Cn1cnc(C(=O)N2CC[C@@H](n3c(=O)n(CC4CCCCC4)c4cccnc43)C2)c1. The third-order valence-corrected chi connectivity index (χ3v) is 6.63. The van der Waals surface area contributed by atoms with Crippen LogP contribution in [0.25, 0.3) is 11.2 Å². The minimum atomic E-state index is -0.0787. The van der Waals surface area contributed by atoms with Crippen molar-refractivity contribution in [1.82, 2.24) is 28.6 Å². The number of amides is 1. The number of likely N-dealkylation sites (tertiary alicyclic amines) is 1. The van der Waals surface area contributed by atoms with Gasteiger partial charge in [-0.3, -0.25) is 13.9 Å². The zero-order valence-electron chi connectivity index (χ0n) is 17.4. The van der Waals surface area contributed by atoms with Crippen LogP contribution < -0.4 is 5.69 Å². The molecule has 0 radical (unpaired) electrons. The van der Waals surface area contributed by atoms with E-state index in [-0.39, 0.29) is 17.6 Å². The molecule has 0 unspecified atom stereocenters. The van der Waals surface area contributed by atoms with Gasteiger partial charge in [0.25, 0.3) is 5.91 Å². The zero-order chi connectivity index (χ0) is 20.7. The highest BCUT2D eigenvalue weighted by atomic mass is 16.2. The highest BCUT2D eigenvalue weighted by Gasteiger charge is 2.32. The monoisotopic (exact) mass is 408 g/mol. The molecule has 4 heterocycles. The van der Waals surface area contributed by atoms with Crippen molar-refractivity contribution in [2.24, 2.45) is 13.0 Å². The van der Waals surface area contributed by atoms with Gasteiger partial charge in [0.2, 0.25) is 0 Å². The number of nitrogens with zero attached hydrogens (tertiary/aromatic N) is 6. The molecule has 0 N–H and O–H groups in total. The number of aromatic nitrogens is 5. The fourth-order valence-corrected chi connectivity index (χ4v) is 5.06. The van der Waals surface area contributed by atoms with Gasteiger partial charge in [-0.15, -0.1) is 0 Å². The van der Waals surface area contributed by atoms with E-state index in [1.54, 1.807) is 28.2 Å². The Bertz CT molecular complexity index is 1120. The molecule has 1 saturated carbocycles. The van der Waals surface area contributed by atoms with Crippen molar-refractivity contribution in [3.05, 3.63) is 47.0 Å². The summed E-state index contributed by atoms with van der Waals surface area (Å²) in [6.07, 6.45) is 12.0. The average Bonchev–Trinajstić information content (AvgIpc) is 3.47. The molecule has 1 aliphatic heterocycles. The van der Waals surface area contributed by atoms with Gasteiger partial charge in [-0.05, 0) is 37.3 Å². The molecule has 3 aromatic rings. The zero-order valence-corrected chi connectivity index (χ0v) is 17.4. The summed E-state index contributed by atoms with van der Waals surface area (Å²) < 4.78 is 5.51. The van der Waals surface area contributed by atoms with E-state index in [2.05, 4.69) is 9.97 Å². The number of aryl methyl sites for hydroxylation is 1. The number of fused-ring (bicyclic) bond motifs is 1. The van der Waals surface area contributed by atoms with Crippen molar-refractivity contribution in [1.29, 1.82) is 0 Å². The Morgan fingerprint density at radius 1 is 1.17 bits per heavy atom. The summed E-state index contributed by atoms with van der Waals surface area (Å²) in [5.41, 5.74) is 2.09. The summed E-state index contributed by atoms with van der Waals surface area (Å²) in [6.45, 7) is 1.89. The van der Waals surface area contributed by atoms with Crippen LogP contribution in [0, 0.1) is 5.92 Å². The lowest BCUT2D eigenvalue weighted by atomic mass is 9.89. The first kappa shape index (κ1) is 19.1. The maximum Gasteiger partial charge on any atom is 0.330 e. The van der Waals surface area contributed by atoms with Gasteiger partial charge in [0, 0.05) is 39.1 Å². The Morgan fingerprint density at radius 3 is 2.77 bits per heavy atom. The minimum absolute atomic E-state index is 0.00593. The Labute approximate surface area is 175 Å². The van der Waals surface area contributed by atoms with Gasteiger partial charge in [-0.2, -0.15) is 0 Å². The van der Waals surface area contributed by atoms with E-state index in [4.69, 9.17) is 0 Å².